The molecule has 0 spiro atoms. The first kappa shape index (κ1) is 24.3. The van der Waals surface area contributed by atoms with Crippen LogP contribution in [0, 0.1) is 23.4 Å². The van der Waals surface area contributed by atoms with E-state index >= 15 is 0 Å². The highest BCUT2D eigenvalue weighted by Crippen LogP contribution is 2.40. The van der Waals surface area contributed by atoms with E-state index in [-0.39, 0.29) is 23.0 Å². The fourth-order valence-electron chi connectivity index (χ4n) is 4.95. The normalized spacial score (nSPS) is 18.2. The fraction of sp³-hybridized carbons (Fsp3) is 0.379. The van der Waals surface area contributed by atoms with Gasteiger partial charge in [-0.1, -0.05) is 36.4 Å². The summed E-state index contributed by atoms with van der Waals surface area (Å²) >= 11 is 0. The maximum Gasteiger partial charge on any atom is 0.166 e. The molecule has 3 aromatic rings. The summed E-state index contributed by atoms with van der Waals surface area (Å²) in [5.41, 5.74) is 2.75. The molecule has 0 aromatic heterocycles. The number of phenols is 1. The van der Waals surface area contributed by atoms with E-state index in [9.17, 15) is 18.3 Å². The smallest absolute Gasteiger partial charge is 0.166 e. The van der Waals surface area contributed by atoms with Gasteiger partial charge in [-0.05, 0) is 92.2 Å². The van der Waals surface area contributed by atoms with Gasteiger partial charge in [0.1, 0.15) is 11.6 Å². The van der Waals surface area contributed by atoms with Gasteiger partial charge in [0.2, 0.25) is 0 Å². The summed E-state index contributed by atoms with van der Waals surface area (Å²) in [4.78, 5) is 0. The van der Waals surface area contributed by atoms with Crippen molar-refractivity contribution in [1.82, 2.24) is 0 Å². The molecule has 0 radical (unpaired) electrons. The van der Waals surface area contributed by atoms with Gasteiger partial charge < -0.3 is 9.84 Å². The molecule has 2 nitrogen and oxygen atoms in total. The summed E-state index contributed by atoms with van der Waals surface area (Å²) in [6.07, 6.45) is 5.33. The maximum atomic E-state index is 15.0. The Morgan fingerprint density at radius 3 is 2.29 bits per heavy atom. The van der Waals surface area contributed by atoms with E-state index in [4.69, 9.17) is 4.74 Å². The zero-order valence-corrected chi connectivity index (χ0v) is 19.5. The number of rotatable bonds is 8. The molecular formula is C29H31F3O2. The fourth-order valence-corrected chi connectivity index (χ4v) is 4.95. The lowest BCUT2D eigenvalue weighted by molar-refractivity contribution is 0.131. The van der Waals surface area contributed by atoms with Crippen LogP contribution in [-0.2, 0) is 17.8 Å². The molecular weight excluding hydrogens is 437 g/mol. The summed E-state index contributed by atoms with van der Waals surface area (Å²) in [6, 6.07) is 14.8. The molecule has 34 heavy (non-hydrogen) atoms. The Bertz CT molecular complexity index is 1100. The molecule has 5 heteroatoms. The second kappa shape index (κ2) is 11.1. The summed E-state index contributed by atoms with van der Waals surface area (Å²) in [5, 5.41) is 9.43. The summed E-state index contributed by atoms with van der Waals surface area (Å²) in [6.45, 7) is 2.74. The molecule has 0 bridgehead atoms. The minimum Gasteiger partial charge on any atom is -0.508 e. The molecule has 1 fully saturated rings. The Balaban J connectivity index is 1.33. The van der Waals surface area contributed by atoms with Crippen molar-refractivity contribution >= 4 is 0 Å². The van der Waals surface area contributed by atoms with E-state index in [0.717, 1.165) is 44.1 Å². The summed E-state index contributed by atoms with van der Waals surface area (Å²) < 4.78 is 49.3. The van der Waals surface area contributed by atoms with Crippen molar-refractivity contribution in [3.63, 3.8) is 0 Å². The van der Waals surface area contributed by atoms with Gasteiger partial charge in [0, 0.05) is 17.7 Å². The van der Waals surface area contributed by atoms with Crippen LogP contribution in [0.3, 0.4) is 0 Å². The van der Waals surface area contributed by atoms with Crippen LogP contribution in [-0.4, -0.2) is 11.7 Å². The second-order valence-electron chi connectivity index (χ2n) is 9.20. The molecule has 0 atom stereocenters. The lowest BCUT2D eigenvalue weighted by Crippen LogP contribution is -2.15. The second-order valence-corrected chi connectivity index (χ2v) is 9.20. The summed E-state index contributed by atoms with van der Waals surface area (Å²) in [5.74, 6) is -1.22. The Morgan fingerprint density at radius 1 is 0.882 bits per heavy atom. The first-order chi connectivity index (χ1) is 16.5. The first-order valence-corrected chi connectivity index (χ1v) is 12.1. The van der Waals surface area contributed by atoms with Gasteiger partial charge in [0.25, 0.3) is 0 Å². The van der Waals surface area contributed by atoms with Gasteiger partial charge in [0.05, 0.1) is 6.61 Å². The number of ether oxygens (including phenoxy) is 1. The summed E-state index contributed by atoms with van der Waals surface area (Å²) in [7, 11) is 0. The number of hydrogen-bond acceptors (Lipinski definition) is 2. The topological polar surface area (TPSA) is 29.5 Å². The average molecular weight is 469 g/mol. The minimum absolute atomic E-state index is 0.00918. The SMILES string of the molecule is CCOCc1ccc(CCC2CCC(c3ccc(-c4ccc(O)cc4)c(F)c3F)CC2)cc1F. The third-order valence-electron chi connectivity index (χ3n) is 7.00. The van der Waals surface area contributed by atoms with Crippen LogP contribution in [0.15, 0.2) is 54.6 Å². The van der Waals surface area contributed by atoms with E-state index in [1.54, 1.807) is 36.4 Å². The van der Waals surface area contributed by atoms with Crippen LogP contribution >= 0.6 is 0 Å². The van der Waals surface area contributed by atoms with E-state index in [2.05, 4.69) is 0 Å². The number of halogens is 3. The van der Waals surface area contributed by atoms with Crippen molar-refractivity contribution < 1.29 is 23.0 Å². The predicted octanol–water partition coefficient (Wildman–Crippen LogP) is 7.92. The molecule has 0 aliphatic heterocycles. The van der Waals surface area contributed by atoms with E-state index in [0.29, 0.717) is 35.8 Å². The Morgan fingerprint density at radius 2 is 1.62 bits per heavy atom. The van der Waals surface area contributed by atoms with Crippen LogP contribution in [0.5, 0.6) is 5.75 Å². The number of aryl methyl sites for hydroxylation is 1. The van der Waals surface area contributed by atoms with Crippen LogP contribution in [0.1, 0.15) is 61.6 Å². The lowest BCUT2D eigenvalue weighted by Gasteiger charge is -2.29. The van der Waals surface area contributed by atoms with Gasteiger partial charge in [0.15, 0.2) is 11.6 Å². The van der Waals surface area contributed by atoms with Gasteiger partial charge in [-0.3, -0.25) is 0 Å². The quantitative estimate of drug-likeness (QED) is 0.364. The zero-order chi connectivity index (χ0) is 24.1. The van der Waals surface area contributed by atoms with Crippen molar-refractivity contribution in [2.45, 2.75) is 58.0 Å². The molecule has 1 aliphatic rings. The molecule has 0 heterocycles. The third-order valence-corrected chi connectivity index (χ3v) is 7.00. The van der Waals surface area contributed by atoms with Crippen LogP contribution < -0.4 is 0 Å². The van der Waals surface area contributed by atoms with Gasteiger partial charge in [-0.15, -0.1) is 0 Å². The molecule has 0 amide bonds. The van der Waals surface area contributed by atoms with Crippen LogP contribution in [0.4, 0.5) is 13.2 Å². The minimum atomic E-state index is -0.833. The van der Waals surface area contributed by atoms with Gasteiger partial charge in [-0.25, -0.2) is 13.2 Å². The largest absolute Gasteiger partial charge is 0.508 e. The molecule has 1 aliphatic carbocycles. The number of aromatic hydroxyl groups is 1. The lowest BCUT2D eigenvalue weighted by atomic mass is 9.76. The van der Waals surface area contributed by atoms with Gasteiger partial charge in [-0.2, -0.15) is 0 Å². The maximum absolute atomic E-state index is 15.0. The standard InChI is InChI=1S/C29H31F3O2/c1-2-34-18-23-10-7-20(17-27(23)30)4-3-19-5-8-21(9-6-19)25-15-16-26(29(32)28(25)31)22-11-13-24(33)14-12-22/h7,10-17,19,21,33H,2-6,8-9,18H2,1H3. The van der Waals surface area contributed by atoms with Crippen LogP contribution in [0.25, 0.3) is 11.1 Å². The van der Waals surface area contributed by atoms with Gasteiger partial charge >= 0.3 is 0 Å². The van der Waals surface area contributed by atoms with Crippen molar-refractivity contribution in [3.8, 4) is 16.9 Å². The molecule has 1 saturated carbocycles. The van der Waals surface area contributed by atoms with Crippen molar-refractivity contribution in [1.29, 1.82) is 0 Å². The van der Waals surface area contributed by atoms with Crippen LogP contribution in [0.2, 0.25) is 0 Å². The van der Waals surface area contributed by atoms with E-state index < -0.39 is 11.6 Å². The molecule has 180 valence electrons. The molecule has 1 N–H and O–H groups in total. The van der Waals surface area contributed by atoms with Crippen molar-refractivity contribution in [3.05, 3.63) is 88.7 Å². The van der Waals surface area contributed by atoms with Crippen molar-refractivity contribution in [2.24, 2.45) is 5.92 Å². The highest BCUT2D eigenvalue weighted by atomic mass is 19.2. The monoisotopic (exact) mass is 468 g/mol. The Kier molecular flexibility index (Phi) is 7.94. The van der Waals surface area contributed by atoms with E-state index in [1.807, 2.05) is 13.0 Å². The number of phenolic OH excluding ortho intramolecular Hbond substituents is 1. The Labute approximate surface area is 199 Å². The molecule has 0 saturated heterocycles. The van der Waals surface area contributed by atoms with E-state index in [1.165, 1.54) is 12.1 Å². The highest BCUT2D eigenvalue weighted by molar-refractivity contribution is 5.65. The highest BCUT2D eigenvalue weighted by Gasteiger charge is 2.26. The first-order valence-electron chi connectivity index (χ1n) is 12.1. The predicted molar refractivity (Wildman–Crippen MR) is 128 cm³/mol. The molecule has 4 rings (SSSR count). The molecule has 3 aromatic carbocycles. The number of hydrogen-bond donors (Lipinski definition) is 1. The third kappa shape index (κ3) is 5.64. The zero-order valence-electron chi connectivity index (χ0n) is 19.5. The number of benzene rings is 3. The van der Waals surface area contributed by atoms with Crippen molar-refractivity contribution in [2.75, 3.05) is 6.61 Å². The molecule has 0 unspecified atom stereocenters. The Hall–Kier alpha value is -2.79. The average Bonchev–Trinajstić information content (AvgIpc) is 2.85.